The van der Waals surface area contributed by atoms with Crippen molar-refractivity contribution in [3.05, 3.63) is 28.6 Å². The third-order valence-corrected chi connectivity index (χ3v) is 3.75. The predicted molar refractivity (Wildman–Crippen MR) is 72.2 cm³/mol. The molecular formula is C13H18N6O. The Kier molecular flexibility index (Phi) is 3.04. The van der Waals surface area contributed by atoms with Crippen LogP contribution in [-0.4, -0.2) is 42.8 Å². The van der Waals surface area contributed by atoms with Gasteiger partial charge in [-0.25, -0.2) is 0 Å². The molecule has 1 aliphatic rings. The molecule has 0 radical (unpaired) electrons. The van der Waals surface area contributed by atoms with E-state index in [0.717, 1.165) is 42.4 Å². The Balaban J connectivity index is 1.79. The maximum atomic E-state index is 12.5. The van der Waals surface area contributed by atoms with E-state index in [0.29, 0.717) is 12.1 Å². The molecule has 2 aromatic rings. The number of hydrogen-bond acceptors (Lipinski definition) is 4. The van der Waals surface area contributed by atoms with Crippen molar-refractivity contribution < 1.29 is 4.79 Å². The summed E-state index contributed by atoms with van der Waals surface area (Å²) in [6.45, 7) is 5.11. The lowest BCUT2D eigenvalue weighted by molar-refractivity contribution is 0.0778. The number of nitrogens with one attached hydrogen (secondary N) is 1. The van der Waals surface area contributed by atoms with Crippen LogP contribution in [0.25, 0.3) is 0 Å². The van der Waals surface area contributed by atoms with E-state index in [1.54, 1.807) is 11.9 Å². The monoisotopic (exact) mass is 274 g/mol. The highest BCUT2D eigenvalue weighted by atomic mass is 16.2. The maximum absolute atomic E-state index is 12.5. The molecule has 0 aliphatic carbocycles. The second-order valence-corrected chi connectivity index (χ2v) is 5.26. The van der Waals surface area contributed by atoms with Gasteiger partial charge in [0.2, 0.25) is 0 Å². The molecule has 7 heteroatoms. The van der Waals surface area contributed by atoms with Gasteiger partial charge in [0.1, 0.15) is 5.82 Å². The Bertz CT molecular complexity index is 636. The summed E-state index contributed by atoms with van der Waals surface area (Å²) in [5.74, 6) is 1.84. The lowest BCUT2D eigenvalue weighted by Gasteiger charge is -2.17. The van der Waals surface area contributed by atoms with Gasteiger partial charge in [-0.3, -0.25) is 9.89 Å². The van der Waals surface area contributed by atoms with Crippen molar-refractivity contribution in [3.8, 4) is 0 Å². The zero-order chi connectivity index (χ0) is 14.3. The van der Waals surface area contributed by atoms with Crippen LogP contribution < -0.4 is 0 Å². The Hall–Kier alpha value is -2.18. The van der Waals surface area contributed by atoms with Gasteiger partial charge in [-0.15, -0.1) is 10.2 Å². The second kappa shape index (κ2) is 4.73. The number of amides is 1. The maximum Gasteiger partial charge on any atom is 0.257 e. The van der Waals surface area contributed by atoms with Crippen molar-refractivity contribution in [1.29, 1.82) is 0 Å². The molecule has 0 saturated heterocycles. The van der Waals surface area contributed by atoms with Gasteiger partial charge in [0.25, 0.3) is 5.91 Å². The zero-order valence-corrected chi connectivity index (χ0v) is 12.0. The third kappa shape index (κ3) is 1.99. The number of aromatic nitrogens is 5. The van der Waals surface area contributed by atoms with Crippen molar-refractivity contribution in [2.75, 3.05) is 7.05 Å². The number of carbonyl (C=O) groups is 1. The largest absolute Gasteiger partial charge is 0.334 e. The van der Waals surface area contributed by atoms with E-state index in [1.165, 1.54) is 0 Å². The highest BCUT2D eigenvalue weighted by Gasteiger charge is 2.23. The molecule has 1 N–H and O–H groups in total. The smallest absolute Gasteiger partial charge is 0.257 e. The molecule has 0 fully saturated rings. The standard InChI is InChI=1S/C13H18N6O/c1-8-12(9(2)15-14-8)13(20)18(3)7-11-17-16-10-5-4-6-19(10)11/h4-7H2,1-3H3,(H,14,15). The fourth-order valence-corrected chi connectivity index (χ4v) is 2.67. The fourth-order valence-electron chi connectivity index (χ4n) is 2.67. The summed E-state index contributed by atoms with van der Waals surface area (Å²) in [6.07, 6.45) is 2.08. The van der Waals surface area contributed by atoms with Crippen LogP contribution in [0.3, 0.4) is 0 Å². The van der Waals surface area contributed by atoms with Gasteiger partial charge >= 0.3 is 0 Å². The van der Waals surface area contributed by atoms with Crippen molar-refractivity contribution in [2.24, 2.45) is 0 Å². The van der Waals surface area contributed by atoms with E-state index in [-0.39, 0.29) is 5.91 Å². The predicted octanol–water partition coefficient (Wildman–Crippen LogP) is 0.836. The molecule has 1 amide bonds. The van der Waals surface area contributed by atoms with Gasteiger partial charge in [-0.2, -0.15) is 5.10 Å². The van der Waals surface area contributed by atoms with Crippen molar-refractivity contribution >= 4 is 5.91 Å². The number of rotatable bonds is 3. The number of fused-ring (bicyclic) bond motifs is 1. The molecule has 3 heterocycles. The molecule has 1 aliphatic heterocycles. The van der Waals surface area contributed by atoms with Crippen LogP contribution in [-0.2, 0) is 19.5 Å². The molecule has 0 unspecified atom stereocenters. The average molecular weight is 274 g/mol. The normalized spacial score (nSPS) is 13.6. The van der Waals surface area contributed by atoms with Crippen LogP contribution in [0.2, 0.25) is 0 Å². The summed E-state index contributed by atoms with van der Waals surface area (Å²) in [5.41, 5.74) is 2.17. The molecule has 0 spiro atoms. The molecule has 0 saturated carbocycles. The van der Waals surface area contributed by atoms with Crippen LogP contribution in [0.5, 0.6) is 0 Å². The summed E-state index contributed by atoms with van der Waals surface area (Å²) in [7, 11) is 1.78. The van der Waals surface area contributed by atoms with E-state index >= 15 is 0 Å². The Labute approximate surface area is 117 Å². The topological polar surface area (TPSA) is 79.7 Å². The highest BCUT2D eigenvalue weighted by Crippen LogP contribution is 2.17. The lowest BCUT2D eigenvalue weighted by Crippen LogP contribution is -2.28. The number of H-pyrrole nitrogens is 1. The van der Waals surface area contributed by atoms with Crippen molar-refractivity contribution in [3.63, 3.8) is 0 Å². The Morgan fingerprint density at radius 1 is 1.40 bits per heavy atom. The summed E-state index contributed by atoms with van der Waals surface area (Å²) < 4.78 is 2.11. The van der Waals surface area contributed by atoms with Gasteiger partial charge in [-0.1, -0.05) is 0 Å². The van der Waals surface area contributed by atoms with Gasteiger partial charge in [0, 0.05) is 25.7 Å². The van der Waals surface area contributed by atoms with Gasteiger partial charge < -0.3 is 9.47 Å². The molecule has 106 valence electrons. The van der Waals surface area contributed by atoms with Gasteiger partial charge in [0.05, 0.1) is 17.8 Å². The van der Waals surface area contributed by atoms with Crippen molar-refractivity contribution in [1.82, 2.24) is 29.9 Å². The van der Waals surface area contributed by atoms with Gasteiger partial charge in [0.15, 0.2) is 5.82 Å². The van der Waals surface area contributed by atoms with Crippen LogP contribution >= 0.6 is 0 Å². The quantitative estimate of drug-likeness (QED) is 0.899. The summed E-state index contributed by atoms with van der Waals surface area (Å²) in [4.78, 5) is 14.1. The van der Waals surface area contributed by atoms with Crippen LogP contribution in [0.15, 0.2) is 0 Å². The van der Waals surface area contributed by atoms with Crippen LogP contribution in [0.1, 0.15) is 39.8 Å². The molecule has 7 nitrogen and oxygen atoms in total. The van der Waals surface area contributed by atoms with Crippen LogP contribution in [0, 0.1) is 13.8 Å². The van der Waals surface area contributed by atoms with Gasteiger partial charge in [-0.05, 0) is 20.3 Å². The third-order valence-electron chi connectivity index (χ3n) is 3.75. The average Bonchev–Trinajstić information content (AvgIpc) is 3.08. The molecule has 0 aromatic carbocycles. The summed E-state index contributed by atoms with van der Waals surface area (Å²) >= 11 is 0. The first kappa shape index (κ1) is 12.8. The van der Waals surface area contributed by atoms with E-state index in [2.05, 4.69) is 25.0 Å². The summed E-state index contributed by atoms with van der Waals surface area (Å²) in [5, 5.41) is 15.3. The first-order chi connectivity index (χ1) is 9.58. The number of aromatic amines is 1. The molecule has 3 rings (SSSR count). The van der Waals surface area contributed by atoms with Crippen LogP contribution in [0.4, 0.5) is 0 Å². The van der Waals surface area contributed by atoms with Crippen molar-refractivity contribution in [2.45, 2.75) is 39.8 Å². The Morgan fingerprint density at radius 3 is 2.90 bits per heavy atom. The first-order valence-electron chi connectivity index (χ1n) is 6.76. The molecule has 2 aromatic heterocycles. The van der Waals surface area contributed by atoms with E-state index in [1.807, 2.05) is 13.8 Å². The number of hydrogen-bond donors (Lipinski definition) is 1. The molecule has 20 heavy (non-hydrogen) atoms. The van der Waals surface area contributed by atoms with E-state index < -0.39 is 0 Å². The SMILES string of the molecule is Cc1n[nH]c(C)c1C(=O)N(C)Cc1nnc2n1CCC2. The highest BCUT2D eigenvalue weighted by molar-refractivity contribution is 5.96. The minimum absolute atomic E-state index is 0.0379. The molecular weight excluding hydrogens is 256 g/mol. The zero-order valence-electron chi connectivity index (χ0n) is 12.0. The fraction of sp³-hybridized carbons (Fsp3) is 0.538. The number of aryl methyl sites for hydroxylation is 3. The lowest BCUT2D eigenvalue weighted by atomic mass is 10.2. The molecule has 0 bridgehead atoms. The number of carbonyl (C=O) groups excluding carboxylic acids is 1. The molecule has 0 atom stereocenters. The minimum Gasteiger partial charge on any atom is -0.334 e. The Morgan fingerprint density at radius 2 is 2.20 bits per heavy atom. The summed E-state index contributed by atoms with van der Waals surface area (Å²) in [6, 6.07) is 0. The second-order valence-electron chi connectivity index (χ2n) is 5.26. The minimum atomic E-state index is -0.0379. The number of nitrogens with zero attached hydrogens (tertiary/aromatic N) is 5. The van der Waals surface area contributed by atoms with E-state index in [4.69, 9.17) is 0 Å². The van der Waals surface area contributed by atoms with E-state index in [9.17, 15) is 4.79 Å². The first-order valence-corrected chi connectivity index (χ1v) is 6.76.